The van der Waals surface area contributed by atoms with Crippen molar-refractivity contribution in [1.29, 1.82) is 0 Å². The van der Waals surface area contributed by atoms with Crippen LogP contribution in [-0.2, 0) is 6.54 Å². The predicted molar refractivity (Wildman–Crippen MR) is 82.3 cm³/mol. The normalized spacial score (nSPS) is 12.5. The predicted octanol–water partition coefficient (Wildman–Crippen LogP) is 3.40. The first-order valence-electron chi connectivity index (χ1n) is 7.37. The van der Waals surface area contributed by atoms with Crippen molar-refractivity contribution in [2.45, 2.75) is 52.6 Å². The van der Waals surface area contributed by atoms with Crippen molar-refractivity contribution in [1.82, 2.24) is 10.3 Å². The zero-order valence-electron chi connectivity index (χ0n) is 13.4. The van der Waals surface area contributed by atoms with Gasteiger partial charge in [0.2, 0.25) is 0 Å². The molecule has 0 radical (unpaired) electrons. The monoisotopic (exact) mass is 280 g/mol. The second-order valence-electron chi connectivity index (χ2n) is 5.60. The number of ether oxygens (including phenoxy) is 2. The molecule has 1 N–H and O–H groups in total. The van der Waals surface area contributed by atoms with Gasteiger partial charge in [-0.1, -0.05) is 26.7 Å². The fraction of sp³-hybridized carbons (Fsp3) is 0.688. The maximum absolute atomic E-state index is 5.38. The van der Waals surface area contributed by atoms with E-state index in [4.69, 9.17) is 9.47 Å². The van der Waals surface area contributed by atoms with E-state index in [-0.39, 0.29) is 0 Å². The van der Waals surface area contributed by atoms with Gasteiger partial charge in [0.25, 0.3) is 0 Å². The van der Waals surface area contributed by atoms with Gasteiger partial charge in [-0.25, -0.2) is 0 Å². The molecule has 0 aliphatic carbocycles. The second-order valence-corrected chi connectivity index (χ2v) is 5.60. The molecule has 1 aromatic rings. The molecule has 1 heterocycles. The minimum Gasteiger partial charge on any atom is -0.493 e. The Morgan fingerprint density at radius 1 is 1.15 bits per heavy atom. The molecule has 20 heavy (non-hydrogen) atoms. The molecule has 0 aliphatic rings. The summed E-state index contributed by atoms with van der Waals surface area (Å²) in [4.78, 5) is 4.37. The molecule has 4 heteroatoms. The molecule has 1 rings (SSSR count). The van der Waals surface area contributed by atoms with Crippen LogP contribution in [0.15, 0.2) is 12.3 Å². The van der Waals surface area contributed by atoms with Gasteiger partial charge in [0.05, 0.1) is 19.9 Å². The van der Waals surface area contributed by atoms with Crippen molar-refractivity contribution in [2.75, 3.05) is 14.2 Å². The summed E-state index contributed by atoms with van der Waals surface area (Å²) < 4.78 is 10.7. The van der Waals surface area contributed by atoms with Crippen molar-refractivity contribution in [3.63, 3.8) is 0 Å². The lowest BCUT2D eigenvalue weighted by molar-refractivity contribution is 0.346. The summed E-state index contributed by atoms with van der Waals surface area (Å²) in [6.45, 7) is 7.45. The van der Waals surface area contributed by atoms with E-state index in [0.717, 1.165) is 23.1 Å². The summed E-state index contributed by atoms with van der Waals surface area (Å²) in [6.07, 6.45) is 5.48. The van der Waals surface area contributed by atoms with Gasteiger partial charge in [-0.15, -0.1) is 0 Å². The first-order chi connectivity index (χ1) is 9.58. The molecule has 1 atom stereocenters. The molecular formula is C16H28N2O2. The Balaban J connectivity index is 2.48. The van der Waals surface area contributed by atoms with Crippen LogP contribution in [0, 0.1) is 5.92 Å². The highest BCUT2D eigenvalue weighted by Crippen LogP contribution is 2.28. The van der Waals surface area contributed by atoms with Crippen LogP contribution in [0.25, 0.3) is 0 Å². The standard InChI is InChI=1S/C16H28N2O2/c1-12(2)7-6-8-13(3)18-11-14-16(20-5)15(19-4)9-10-17-14/h9-10,12-13,18H,6-8,11H2,1-5H3. The summed E-state index contributed by atoms with van der Waals surface area (Å²) in [5.41, 5.74) is 0.891. The lowest BCUT2D eigenvalue weighted by atomic mass is 10.0. The second kappa shape index (κ2) is 8.80. The molecule has 0 saturated heterocycles. The lowest BCUT2D eigenvalue weighted by Gasteiger charge is -2.16. The number of methoxy groups -OCH3 is 2. The average molecular weight is 280 g/mol. The maximum atomic E-state index is 5.38. The summed E-state index contributed by atoms with van der Waals surface area (Å²) in [5, 5.41) is 3.50. The Hall–Kier alpha value is -1.29. The first kappa shape index (κ1) is 16.8. The summed E-state index contributed by atoms with van der Waals surface area (Å²) in [7, 11) is 3.29. The number of nitrogens with zero attached hydrogens (tertiary/aromatic N) is 1. The first-order valence-corrected chi connectivity index (χ1v) is 7.37. The molecule has 0 bridgehead atoms. The molecule has 0 spiro atoms. The van der Waals surface area contributed by atoms with E-state index in [2.05, 4.69) is 31.1 Å². The SMILES string of the molecule is COc1ccnc(CNC(C)CCCC(C)C)c1OC. The highest BCUT2D eigenvalue weighted by atomic mass is 16.5. The smallest absolute Gasteiger partial charge is 0.183 e. The van der Waals surface area contributed by atoms with Crippen molar-refractivity contribution < 1.29 is 9.47 Å². The fourth-order valence-electron chi connectivity index (χ4n) is 2.18. The number of aromatic nitrogens is 1. The minimum atomic E-state index is 0.478. The molecule has 0 fully saturated rings. The van der Waals surface area contributed by atoms with E-state index in [0.29, 0.717) is 12.6 Å². The molecule has 1 unspecified atom stereocenters. The molecule has 4 nitrogen and oxygen atoms in total. The largest absolute Gasteiger partial charge is 0.493 e. The van der Waals surface area contributed by atoms with Gasteiger partial charge in [-0.3, -0.25) is 4.98 Å². The third-order valence-electron chi connectivity index (χ3n) is 3.40. The van der Waals surface area contributed by atoms with Gasteiger partial charge in [0, 0.05) is 24.8 Å². The van der Waals surface area contributed by atoms with Crippen LogP contribution in [0.4, 0.5) is 0 Å². The van der Waals surface area contributed by atoms with E-state index in [1.807, 2.05) is 6.07 Å². The van der Waals surface area contributed by atoms with Crippen LogP contribution < -0.4 is 14.8 Å². The number of pyridine rings is 1. The molecule has 0 amide bonds. The Labute approximate surface area is 122 Å². The van der Waals surface area contributed by atoms with Crippen molar-refractivity contribution in [2.24, 2.45) is 5.92 Å². The van der Waals surface area contributed by atoms with Crippen molar-refractivity contribution >= 4 is 0 Å². The van der Waals surface area contributed by atoms with Crippen LogP contribution in [-0.4, -0.2) is 25.2 Å². The van der Waals surface area contributed by atoms with Crippen LogP contribution in [0.2, 0.25) is 0 Å². The highest BCUT2D eigenvalue weighted by Gasteiger charge is 2.11. The third kappa shape index (κ3) is 5.37. The van der Waals surface area contributed by atoms with Gasteiger partial charge in [-0.2, -0.15) is 0 Å². The van der Waals surface area contributed by atoms with E-state index >= 15 is 0 Å². The van der Waals surface area contributed by atoms with Crippen LogP contribution in [0.3, 0.4) is 0 Å². The summed E-state index contributed by atoms with van der Waals surface area (Å²) >= 11 is 0. The minimum absolute atomic E-state index is 0.478. The summed E-state index contributed by atoms with van der Waals surface area (Å²) in [6, 6.07) is 2.29. The van der Waals surface area contributed by atoms with Gasteiger partial charge in [0.15, 0.2) is 11.5 Å². The lowest BCUT2D eigenvalue weighted by Crippen LogP contribution is -2.26. The topological polar surface area (TPSA) is 43.4 Å². The van der Waals surface area contributed by atoms with E-state index in [1.165, 1.54) is 19.3 Å². The number of rotatable bonds is 9. The fourth-order valence-corrected chi connectivity index (χ4v) is 2.18. The van der Waals surface area contributed by atoms with Crippen LogP contribution >= 0.6 is 0 Å². The highest BCUT2D eigenvalue weighted by molar-refractivity contribution is 5.42. The maximum Gasteiger partial charge on any atom is 0.183 e. The van der Waals surface area contributed by atoms with E-state index < -0.39 is 0 Å². The molecule has 0 saturated carbocycles. The number of hydrogen-bond donors (Lipinski definition) is 1. The zero-order valence-corrected chi connectivity index (χ0v) is 13.4. The Bertz CT molecular complexity index is 394. The Kier molecular flexibility index (Phi) is 7.37. The van der Waals surface area contributed by atoms with Gasteiger partial charge in [0.1, 0.15) is 0 Å². The molecule has 0 aliphatic heterocycles. The van der Waals surface area contributed by atoms with E-state index in [1.54, 1.807) is 20.4 Å². The quantitative estimate of drug-likeness (QED) is 0.753. The molecule has 114 valence electrons. The molecule has 1 aromatic heterocycles. The average Bonchev–Trinajstić information content (AvgIpc) is 2.44. The van der Waals surface area contributed by atoms with Crippen molar-refractivity contribution in [3.05, 3.63) is 18.0 Å². The van der Waals surface area contributed by atoms with Crippen LogP contribution in [0.5, 0.6) is 11.5 Å². The Morgan fingerprint density at radius 3 is 2.50 bits per heavy atom. The molecule has 0 aromatic carbocycles. The van der Waals surface area contributed by atoms with Crippen LogP contribution in [0.1, 0.15) is 45.7 Å². The Morgan fingerprint density at radius 2 is 1.90 bits per heavy atom. The van der Waals surface area contributed by atoms with Gasteiger partial charge >= 0.3 is 0 Å². The third-order valence-corrected chi connectivity index (χ3v) is 3.40. The summed E-state index contributed by atoms with van der Waals surface area (Å²) in [5.74, 6) is 2.23. The van der Waals surface area contributed by atoms with Gasteiger partial charge in [-0.05, 0) is 19.3 Å². The van der Waals surface area contributed by atoms with Gasteiger partial charge < -0.3 is 14.8 Å². The zero-order chi connectivity index (χ0) is 15.0. The number of hydrogen-bond acceptors (Lipinski definition) is 4. The number of nitrogens with one attached hydrogen (secondary N) is 1. The van der Waals surface area contributed by atoms with Crippen molar-refractivity contribution in [3.8, 4) is 11.5 Å². The van der Waals surface area contributed by atoms with E-state index in [9.17, 15) is 0 Å². The molecular weight excluding hydrogens is 252 g/mol.